The number of nitrogens with zero attached hydrogens (tertiary/aromatic N) is 3. The van der Waals surface area contributed by atoms with Gasteiger partial charge in [-0.25, -0.2) is 9.97 Å². The van der Waals surface area contributed by atoms with Gasteiger partial charge in [0.05, 0.1) is 17.9 Å². The van der Waals surface area contributed by atoms with Crippen molar-refractivity contribution in [3.8, 4) is 11.3 Å². The van der Waals surface area contributed by atoms with Crippen molar-refractivity contribution in [2.75, 3.05) is 11.9 Å². The average Bonchev–Trinajstić information content (AvgIpc) is 3.47. The molecule has 4 rings (SSSR count). The molecule has 3 heterocycles. The number of rotatable bonds is 6. The van der Waals surface area contributed by atoms with E-state index in [9.17, 15) is 4.79 Å². The van der Waals surface area contributed by atoms with Crippen molar-refractivity contribution in [1.82, 2.24) is 19.9 Å². The van der Waals surface area contributed by atoms with Gasteiger partial charge >= 0.3 is 0 Å². The molecule has 29 heavy (non-hydrogen) atoms. The van der Waals surface area contributed by atoms with E-state index in [-0.39, 0.29) is 23.9 Å². The van der Waals surface area contributed by atoms with Crippen molar-refractivity contribution in [2.45, 2.75) is 38.8 Å². The minimum atomic E-state index is -0.303. The van der Waals surface area contributed by atoms with E-state index in [1.165, 1.54) is 11.3 Å². The third kappa shape index (κ3) is 4.38. The van der Waals surface area contributed by atoms with Gasteiger partial charge in [-0.05, 0) is 36.5 Å². The Hall–Kier alpha value is -2.19. The predicted octanol–water partition coefficient (Wildman–Crippen LogP) is 5.10. The molecule has 0 unspecified atom stereocenters. The number of hydrogen-bond donors (Lipinski definition) is 2. The van der Waals surface area contributed by atoms with Crippen molar-refractivity contribution in [1.29, 1.82) is 0 Å². The zero-order chi connectivity index (χ0) is 20.4. The van der Waals surface area contributed by atoms with Crippen molar-refractivity contribution in [3.05, 3.63) is 52.3 Å². The van der Waals surface area contributed by atoms with Crippen LogP contribution in [0.5, 0.6) is 0 Å². The number of aromatic nitrogens is 3. The van der Waals surface area contributed by atoms with Crippen LogP contribution in [0.1, 0.15) is 38.6 Å². The molecule has 1 aliphatic heterocycles. The number of carbonyl (C=O) groups excluding carboxylic acids is 1. The number of nitrogens with one attached hydrogen (secondary N) is 2. The van der Waals surface area contributed by atoms with Gasteiger partial charge in [0.1, 0.15) is 11.9 Å². The second-order valence-corrected chi connectivity index (χ2v) is 9.39. The summed E-state index contributed by atoms with van der Waals surface area (Å²) in [6.07, 6.45) is 5.50. The van der Waals surface area contributed by atoms with Crippen LogP contribution >= 0.6 is 27.3 Å². The summed E-state index contributed by atoms with van der Waals surface area (Å²) in [4.78, 5) is 27.7. The Bertz CT molecular complexity index is 954. The molecule has 0 spiro atoms. The average molecular weight is 474 g/mol. The lowest BCUT2D eigenvalue weighted by atomic mass is 10.0. The SMILES string of the molecule is CC(C)[C@H](Nc1nccs1)C(=O)N1CCC[C@H]1c1ncc(-c2ccc(Br)cc2)[nH]1. The van der Waals surface area contributed by atoms with Gasteiger partial charge in [0.25, 0.3) is 0 Å². The predicted molar refractivity (Wildman–Crippen MR) is 120 cm³/mol. The first kappa shape index (κ1) is 20.1. The number of thiazole rings is 1. The molecular formula is C21H24BrN5OS. The van der Waals surface area contributed by atoms with Crippen LogP contribution in [0.15, 0.2) is 46.5 Å². The molecule has 1 aliphatic rings. The molecule has 0 bridgehead atoms. The standard InChI is InChI=1S/C21H24BrN5OS/c1-13(2)18(26-21-23-9-11-29-21)20(28)27-10-3-4-17(27)19-24-12-16(25-19)14-5-7-15(22)8-6-14/h5-9,11-13,17-18H,3-4,10H2,1-2H3,(H,23,26)(H,24,25)/t17-,18-/m0/s1. The van der Waals surface area contributed by atoms with E-state index in [2.05, 4.69) is 50.0 Å². The molecule has 0 radical (unpaired) electrons. The first-order valence-corrected chi connectivity index (χ1v) is 11.5. The molecule has 2 atom stereocenters. The molecule has 1 amide bonds. The highest BCUT2D eigenvalue weighted by atomic mass is 79.9. The summed E-state index contributed by atoms with van der Waals surface area (Å²) in [5.74, 6) is 1.12. The highest BCUT2D eigenvalue weighted by Crippen LogP contribution is 2.33. The summed E-state index contributed by atoms with van der Waals surface area (Å²) in [5.41, 5.74) is 2.04. The maximum atomic E-state index is 13.4. The smallest absolute Gasteiger partial charge is 0.246 e. The zero-order valence-corrected chi connectivity index (χ0v) is 18.8. The maximum absolute atomic E-state index is 13.4. The normalized spacial score (nSPS) is 17.7. The zero-order valence-electron chi connectivity index (χ0n) is 16.4. The number of halogens is 1. The Balaban J connectivity index is 1.54. The molecular weight excluding hydrogens is 450 g/mol. The van der Waals surface area contributed by atoms with Crippen LogP contribution < -0.4 is 5.32 Å². The number of imidazole rings is 1. The lowest BCUT2D eigenvalue weighted by Crippen LogP contribution is -2.45. The van der Waals surface area contributed by atoms with Crippen molar-refractivity contribution >= 4 is 38.3 Å². The van der Waals surface area contributed by atoms with E-state index < -0.39 is 0 Å². The number of amides is 1. The third-order valence-corrected chi connectivity index (χ3v) is 6.48. The van der Waals surface area contributed by atoms with Crippen molar-refractivity contribution in [2.24, 2.45) is 5.92 Å². The van der Waals surface area contributed by atoms with Crippen LogP contribution in [0.4, 0.5) is 5.13 Å². The first-order chi connectivity index (χ1) is 14.0. The first-order valence-electron chi connectivity index (χ1n) is 9.80. The summed E-state index contributed by atoms with van der Waals surface area (Å²) in [6, 6.07) is 7.79. The van der Waals surface area contributed by atoms with Gasteiger partial charge in [0.2, 0.25) is 5.91 Å². The third-order valence-electron chi connectivity index (χ3n) is 5.25. The molecule has 8 heteroatoms. The number of hydrogen-bond acceptors (Lipinski definition) is 5. The molecule has 152 valence electrons. The van der Waals surface area contributed by atoms with Crippen LogP contribution in [-0.4, -0.2) is 38.3 Å². The molecule has 0 saturated carbocycles. The minimum absolute atomic E-state index is 0.0222. The fourth-order valence-electron chi connectivity index (χ4n) is 3.72. The van der Waals surface area contributed by atoms with Gasteiger partial charge in [-0.2, -0.15) is 0 Å². The number of carbonyl (C=O) groups is 1. The highest BCUT2D eigenvalue weighted by molar-refractivity contribution is 9.10. The Morgan fingerprint density at radius 3 is 2.79 bits per heavy atom. The van der Waals surface area contributed by atoms with Gasteiger partial charge in [-0.3, -0.25) is 4.79 Å². The summed E-state index contributed by atoms with van der Waals surface area (Å²) in [7, 11) is 0. The molecule has 1 saturated heterocycles. The van der Waals surface area contributed by atoms with Crippen LogP contribution in [0, 0.1) is 5.92 Å². The van der Waals surface area contributed by atoms with Crippen molar-refractivity contribution in [3.63, 3.8) is 0 Å². The Morgan fingerprint density at radius 1 is 1.31 bits per heavy atom. The van der Waals surface area contributed by atoms with E-state index in [1.54, 1.807) is 6.20 Å². The maximum Gasteiger partial charge on any atom is 0.246 e. The molecule has 1 aromatic carbocycles. The van der Waals surface area contributed by atoms with Crippen LogP contribution in [0.25, 0.3) is 11.3 Å². The van der Waals surface area contributed by atoms with Crippen LogP contribution in [0.2, 0.25) is 0 Å². The van der Waals surface area contributed by atoms with Gasteiger partial charge in [0.15, 0.2) is 5.13 Å². The van der Waals surface area contributed by atoms with Crippen LogP contribution in [-0.2, 0) is 4.79 Å². The second-order valence-electron chi connectivity index (χ2n) is 7.58. The second kappa shape index (κ2) is 8.67. The number of H-pyrrole nitrogens is 1. The molecule has 1 fully saturated rings. The van der Waals surface area contributed by atoms with Crippen molar-refractivity contribution < 1.29 is 4.79 Å². The topological polar surface area (TPSA) is 73.9 Å². The van der Waals surface area contributed by atoms with Gasteiger partial charge in [-0.15, -0.1) is 11.3 Å². The summed E-state index contributed by atoms with van der Waals surface area (Å²) in [5, 5.41) is 6.02. The summed E-state index contributed by atoms with van der Waals surface area (Å²) < 4.78 is 1.04. The number of benzene rings is 1. The van der Waals surface area contributed by atoms with E-state index in [0.717, 1.165) is 46.1 Å². The summed E-state index contributed by atoms with van der Waals surface area (Å²) in [6.45, 7) is 4.88. The molecule has 3 aromatic rings. The van der Waals surface area contributed by atoms with Gasteiger partial charge in [0, 0.05) is 22.6 Å². The Morgan fingerprint density at radius 2 is 2.10 bits per heavy atom. The Labute approximate surface area is 182 Å². The monoisotopic (exact) mass is 473 g/mol. The lowest BCUT2D eigenvalue weighted by molar-refractivity contribution is -0.134. The van der Waals surface area contributed by atoms with E-state index in [0.29, 0.717) is 0 Å². The number of aromatic amines is 1. The molecule has 2 aromatic heterocycles. The van der Waals surface area contributed by atoms with Crippen LogP contribution in [0.3, 0.4) is 0 Å². The van der Waals surface area contributed by atoms with Gasteiger partial charge < -0.3 is 15.2 Å². The summed E-state index contributed by atoms with van der Waals surface area (Å²) >= 11 is 4.98. The Kier molecular flexibility index (Phi) is 6.01. The number of likely N-dealkylation sites (tertiary alicyclic amines) is 1. The fourth-order valence-corrected chi connectivity index (χ4v) is 4.55. The number of anilines is 1. The van der Waals surface area contributed by atoms with Gasteiger partial charge in [-0.1, -0.05) is 41.9 Å². The molecule has 6 nitrogen and oxygen atoms in total. The highest BCUT2D eigenvalue weighted by Gasteiger charge is 2.36. The minimum Gasteiger partial charge on any atom is -0.350 e. The lowest BCUT2D eigenvalue weighted by Gasteiger charge is -2.30. The molecule has 0 aliphatic carbocycles. The fraction of sp³-hybridized carbons (Fsp3) is 0.381. The van der Waals surface area contributed by atoms with E-state index in [1.807, 2.05) is 40.7 Å². The largest absolute Gasteiger partial charge is 0.350 e. The molecule has 2 N–H and O–H groups in total. The van der Waals surface area contributed by atoms with E-state index >= 15 is 0 Å². The van der Waals surface area contributed by atoms with E-state index in [4.69, 9.17) is 0 Å². The quantitative estimate of drug-likeness (QED) is 0.522.